The summed E-state index contributed by atoms with van der Waals surface area (Å²) < 4.78 is 5.65. The number of phenols is 1. The molecule has 0 bridgehead atoms. The Morgan fingerprint density at radius 3 is 2.18 bits per heavy atom. The predicted molar refractivity (Wildman–Crippen MR) is 81.8 cm³/mol. The van der Waals surface area contributed by atoms with Gasteiger partial charge in [-0.05, 0) is 24.1 Å². The van der Waals surface area contributed by atoms with Crippen LogP contribution in [-0.2, 0) is 6.42 Å². The van der Waals surface area contributed by atoms with Crippen LogP contribution in [0.5, 0.6) is 11.5 Å². The van der Waals surface area contributed by atoms with Gasteiger partial charge in [0.05, 0.1) is 25.4 Å². The van der Waals surface area contributed by atoms with Crippen LogP contribution < -0.4 is 4.74 Å². The molecule has 2 atom stereocenters. The lowest BCUT2D eigenvalue weighted by Crippen LogP contribution is -2.30. The van der Waals surface area contributed by atoms with Crippen LogP contribution in [0, 0.1) is 0 Å². The van der Waals surface area contributed by atoms with E-state index in [0.717, 1.165) is 5.56 Å². The van der Waals surface area contributed by atoms with E-state index in [2.05, 4.69) is 6.58 Å². The summed E-state index contributed by atoms with van der Waals surface area (Å²) >= 11 is 0. The van der Waals surface area contributed by atoms with E-state index in [1.165, 1.54) is 6.07 Å². The molecule has 1 aromatic carbocycles. The topological polar surface area (TPSA) is 110 Å². The maximum absolute atomic E-state index is 9.86. The third-order valence-corrected chi connectivity index (χ3v) is 3.19. The molecular formula is C16H24O6. The first-order valence-electron chi connectivity index (χ1n) is 7.17. The molecular weight excluding hydrogens is 288 g/mol. The Balaban J connectivity index is 2.86. The summed E-state index contributed by atoms with van der Waals surface area (Å²) in [6, 6.07) is 4.89. The van der Waals surface area contributed by atoms with Crippen LogP contribution in [0.15, 0.2) is 30.9 Å². The van der Waals surface area contributed by atoms with Gasteiger partial charge in [0.2, 0.25) is 0 Å². The quantitative estimate of drug-likeness (QED) is 0.399. The summed E-state index contributed by atoms with van der Waals surface area (Å²) in [5, 5.41) is 46.8. The largest absolute Gasteiger partial charge is 0.504 e. The van der Waals surface area contributed by atoms with Gasteiger partial charge in [0.1, 0.15) is 6.10 Å². The van der Waals surface area contributed by atoms with Crippen LogP contribution >= 0.6 is 0 Å². The molecule has 1 rings (SSSR count). The van der Waals surface area contributed by atoms with Gasteiger partial charge < -0.3 is 30.3 Å². The van der Waals surface area contributed by atoms with Gasteiger partial charge in [0, 0.05) is 12.8 Å². The molecule has 0 aliphatic carbocycles. The van der Waals surface area contributed by atoms with Crippen molar-refractivity contribution in [1.82, 2.24) is 0 Å². The molecule has 2 unspecified atom stereocenters. The SMILES string of the molecule is C=CCc1ccc(O)c(OC(CC(O)CO)CC(O)CO)c1. The zero-order valence-corrected chi connectivity index (χ0v) is 12.4. The zero-order chi connectivity index (χ0) is 16.5. The fourth-order valence-corrected chi connectivity index (χ4v) is 2.07. The van der Waals surface area contributed by atoms with Crippen molar-refractivity contribution in [2.24, 2.45) is 0 Å². The second kappa shape index (κ2) is 9.42. The minimum Gasteiger partial charge on any atom is -0.504 e. The normalized spacial score (nSPS) is 15.1. The first-order chi connectivity index (χ1) is 10.5. The van der Waals surface area contributed by atoms with Crippen molar-refractivity contribution < 1.29 is 30.3 Å². The predicted octanol–water partition coefficient (Wildman–Crippen LogP) is 0.355. The molecule has 0 saturated carbocycles. The molecule has 5 N–H and O–H groups in total. The summed E-state index contributed by atoms with van der Waals surface area (Å²) in [6.07, 6.45) is -0.200. The molecule has 124 valence electrons. The van der Waals surface area contributed by atoms with E-state index in [0.29, 0.717) is 6.42 Å². The lowest BCUT2D eigenvalue weighted by Gasteiger charge is -2.23. The number of aliphatic hydroxyl groups is 4. The van der Waals surface area contributed by atoms with Gasteiger partial charge >= 0.3 is 0 Å². The molecule has 0 aliphatic rings. The molecule has 0 aliphatic heterocycles. The fraction of sp³-hybridized carbons (Fsp3) is 0.500. The van der Waals surface area contributed by atoms with Crippen molar-refractivity contribution in [3.8, 4) is 11.5 Å². The Morgan fingerprint density at radius 2 is 1.68 bits per heavy atom. The summed E-state index contributed by atoms with van der Waals surface area (Å²) in [7, 11) is 0. The number of aromatic hydroxyl groups is 1. The third kappa shape index (κ3) is 6.03. The Morgan fingerprint density at radius 1 is 1.09 bits per heavy atom. The molecule has 0 aromatic heterocycles. The monoisotopic (exact) mass is 312 g/mol. The number of rotatable bonds is 10. The average Bonchev–Trinajstić information content (AvgIpc) is 2.50. The zero-order valence-electron chi connectivity index (χ0n) is 12.4. The summed E-state index contributed by atoms with van der Waals surface area (Å²) in [5.74, 6) is 0.161. The highest BCUT2D eigenvalue weighted by molar-refractivity contribution is 5.42. The Kier molecular flexibility index (Phi) is 7.90. The number of hydrogen-bond acceptors (Lipinski definition) is 6. The number of phenolic OH excluding ortho intramolecular Hbond substituents is 1. The second-order valence-corrected chi connectivity index (χ2v) is 5.18. The molecule has 1 aromatic rings. The van der Waals surface area contributed by atoms with Gasteiger partial charge in [-0.3, -0.25) is 0 Å². The smallest absolute Gasteiger partial charge is 0.161 e. The van der Waals surface area contributed by atoms with Crippen LogP contribution in [0.25, 0.3) is 0 Å². The van der Waals surface area contributed by atoms with Crippen LogP contribution in [0.4, 0.5) is 0 Å². The molecule has 0 amide bonds. The highest BCUT2D eigenvalue weighted by Gasteiger charge is 2.21. The van der Waals surface area contributed by atoms with Crippen molar-refractivity contribution >= 4 is 0 Å². The first-order valence-corrected chi connectivity index (χ1v) is 7.17. The van der Waals surface area contributed by atoms with Crippen LogP contribution in [0.2, 0.25) is 0 Å². The van der Waals surface area contributed by atoms with E-state index in [1.807, 2.05) is 0 Å². The molecule has 0 saturated heterocycles. The van der Waals surface area contributed by atoms with E-state index in [1.54, 1.807) is 18.2 Å². The van der Waals surface area contributed by atoms with Gasteiger partial charge in [0.15, 0.2) is 11.5 Å². The molecule has 0 spiro atoms. The lowest BCUT2D eigenvalue weighted by molar-refractivity contribution is 0.0136. The number of allylic oxidation sites excluding steroid dienone is 1. The average molecular weight is 312 g/mol. The van der Waals surface area contributed by atoms with E-state index in [4.69, 9.17) is 14.9 Å². The van der Waals surface area contributed by atoms with Gasteiger partial charge in [-0.15, -0.1) is 6.58 Å². The van der Waals surface area contributed by atoms with Gasteiger partial charge in [-0.1, -0.05) is 12.1 Å². The van der Waals surface area contributed by atoms with Crippen LogP contribution in [-0.4, -0.2) is 57.1 Å². The van der Waals surface area contributed by atoms with Crippen LogP contribution in [0.3, 0.4) is 0 Å². The Labute approximate surface area is 129 Å². The second-order valence-electron chi connectivity index (χ2n) is 5.18. The minimum atomic E-state index is -1.01. The third-order valence-electron chi connectivity index (χ3n) is 3.19. The van der Waals surface area contributed by atoms with Crippen molar-refractivity contribution in [3.63, 3.8) is 0 Å². The van der Waals surface area contributed by atoms with Crippen molar-refractivity contribution in [2.75, 3.05) is 13.2 Å². The van der Waals surface area contributed by atoms with Gasteiger partial charge in [-0.25, -0.2) is 0 Å². The Hall–Kier alpha value is -1.60. The summed E-state index contributed by atoms with van der Waals surface area (Å²) in [4.78, 5) is 0. The van der Waals surface area contributed by atoms with Crippen molar-refractivity contribution in [3.05, 3.63) is 36.4 Å². The lowest BCUT2D eigenvalue weighted by atomic mass is 10.1. The van der Waals surface area contributed by atoms with E-state index < -0.39 is 31.5 Å². The fourth-order valence-electron chi connectivity index (χ4n) is 2.07. The maximum Gasteiger partial charge on any atom is 0.161 e. The molecule has 0 radical (unpaired) electrons. The number of benzene rings is 1. The first kappa shape index (κ1) is 18.4. The number of ether oxygens (including phenoxy) is 1. The summed E-state index contributed by atoms with van der Waals surface area (Å²) in [5.41, 5.74) is 0.895. The van der Waals surface area contributed by atoms with Crippen LogP contribution in [0.1, 0.15) is 18.4 Å². The van der Waals surface area contributed by atoms with E-state index in [-0.39, 0.29) is 24.3 Å². The number of hydrogen-bond donors (Lipinski definition) is 5. The molecule has 0 heterocycles. The summed E-state index contributed by atoms with van der Waals surface area (Å²) in [6.45, 7) is 2.78. The van der Waals surface area contributed by atoms with Gasteiger partial charge in [-0.2, -0.15) is 0 Å². The highest BCUT2D eigenvalue weighted by atomic mass is 16.5. The van der Waals surface area contributed by atoms with Gasteiger partial charge in [0.25, 0.3) is 0 Å². The molecule has 6 nitrogen and oxygen atoms in total. The molecule has 22 heavy (non-hydrogen) atoms. The standard InChI is InChI=1S/C16H24O6/c1-2-3-11-4-5-15(21)16(6-11)22-14(7-12(19)9-17)8-13(20)10-18/h2,4-6,12-14,17-21H,1,3,7-10H2. The van der Waals surface area contributed by atoms with E-state index >= 15 is 0 Å². The molecule has 6 heteroatoms. The van der Waals surface area contributed by atoms with E-state index in [9.17, 15) is 15.3 Å². The Bertz CT molecular complexity index is 450. The number of aliphatic hydroxyl groups excluding tert-OH is 4. The maximum atomic E-state index is 9.86. The molecule has 0 fully saturated rings. The highest BCUT2D eigenvalue weighted by Crippen LogP contribution is 2.29. The minimum absolute atomic E-state index is 0.0604. The van der Waals surface area contributed by atoms with Crippen molar-refractivity contribution in [2.45, 2.75) is 37.6 Å². The van der Waals surface area contributed by atoms with Crippen molar-refractivity contribution in [1.29, 1.82) is 0 Å².